The summed E-state index contributed by atoms with van der Waals surface area (Å²) in [6, 6.07) is 11.8. The number of thiazole rings is 1. The van der Waals surface area contributed by atoms with Gasteiger partial charge >= 0.3 is 6.03 Å². The second kappa shape index (κ2) is 7.40. The summed E-state index contributed by atoms with van der Waals surface area (Å²) in [5, 5.41) is 9.15. The third-order valence-electron chi connectivity index (χ3n) is 3.04. The van der Waals surface area contributed by atoms with Gasteiger partial charge in [0.25, 0.3) is 0 Å². The number of hydrogen-bond donors (Lipinski definition) is 2. The summed E-state index contributed by atoms with van der Waals surface area (Å²) < 4.78 is 0. The molecular formula is C16H10Cl3N3OS. The van der Waals surface area contributed by atoms with Crippen molar-refractivity contribution in [1.29, 1.82) is 0 Å². The van der Waals surface area contributed by atoms with Crippen molar-refractivity contribution in [3.05, 3.63) is 62.9 Å². The van der Waals surface area contributed by atoms with Crippen LogP contribution in [0.25, 0.3) is 11.3 Å². The molecule has 8 heteroatoms. The molecule has 0 saturated heterocycles. The number of benzene rings is 2. The van der Waals surface area contributed by atoms with Crippen LogP contribution in [0.2, 0.25) is 15.1 Å². The Morgan fingerprint density at radius 2 is 1.71 bits per heavy atom. The van der Waals surface area contributed by atoms with Crippen LogP contribution in [0.5, 0.6) is 0 Å². The molecule has 0 spiro atoms. The predicted octanol–water partition coefficient (Wildman–Crippen LogP) is 6.41. The van der Waals surface area contributed by atoms with Crippen molar-refractivity contribution in [2.45, 2.75) is 0 Å². The van der Waals surface area contributed by atoms with Crippen molar-refractivity contribution >= 4 is 63.0 Å². The van der Waals surface area contributed by atoms with Crippen molar-refractivity contribution in [3.8, 4) is 11.3 Å². The maximum absolute atomic E-state index is 12.0. The van der Waals surface area contributed by atoms with Crippen LogP contribution in [0.15, 0.2) is 47.8 Å². The topological polar surface area (TPSA) is 54.0 Å². The SMILES string of the molecule is O=C(Nc1ccc(Cl)c(Cl)c1)Nc1nc(-c2ccc(Cl)cc2)cs1. The Balaban J connectivity index is 1.66. The fourth-order valence-corrected chi connectivity index (χ4v) is 3.06. The van der Waals surface area contributed by atoms with Gasteiger partial charge in [-0.1, -0.05) is 46.9 Å². The van der Waals surface area contributed by atoms with E-state index in [9.17, 15) is 4.79 Å². The monoisotopic (exact) mass is 397 g/mol. The van der Waals surface area contributed by atoms with E-state index in [-0.39, 0.29) is 0 Å². The third kappa shape index (κ3) is 4.19. The molecule has 0 radical (unpaired) electrons. The van der Waals surface area contributed by atoms with Gasteiger partial charge in [0.05, 0.1) is 15.7 Å². The van der Waals surface area contributed by atoms with Gasteiger partial charge in [0.15, 0.2) is 5.13 Å². The van der Waals surface area contributed by atoms with Crippen LogP contribution < -0.4 is 10.6 Å². The minimum atomic E-state index is -0.412. The number of carbonyl (C=O) groups excluding carboxylic acids is 1. The summed E-state index contributed by atoms with van der Waals surface area (Å²) >= 11 is 19.0. The summed E-state index contributed by atoms with van der Waals surface area (Å²) in [7, 11) is 0. The molecule has 3 rings (SSSR count). The molecule has 24 heavy (non-hydrogen) atoms. The van der Waals surface area contributed by atoms with E-state index >= 15 is 0 Å². The first kappa shape index (κ1) is 17.0. The third-order valence-corrected chi connectivity index (χ3v) is 4.79. The van der Waals surface area contributed by atoms with Crippen LogP contribution in [0, 0.1) is 0 Å². The highest BCUT2D eigenvalue weighted by molar-refractivity contribution is 7.14. The lowest BCUT2D eigenvalue weighted by atomic mass is 10.2. The van der Waals surface area contributed by atoms with Gasteiger partial charge < -0.3 is 5.32 Å². The normalized spacial score (nSPS) is 10.5. The number of rotatable bonds is 3. The highest BCUT2D eigenvalue weighted by Gasteiger charge is 2.09. The van der Waals surface area contributed by atoms with Crippen molar-refractivity contribution in [2.24, 2.45) is 0 Å². The van der Waals surface area contributed by atoms with E-state index < -0.39 is 6.03 Å². The highest BCUT2D eigenvalue weighted by Crippen LogP contribution is 2.27. The minimum Gasteiger partial charge on any atom is -0.308 e. The average molecular weight is 399 g/mol. The molecule has 2 aromatic carbocycles. The van der Waals surface area contributed by atoms with Crippen LogP contribution in [0.4, 0.5) is 15.6 Å². The van der Waals surface area contributed by atoms with Gasteiger partial charge in [-0.25, -0.2) is 9.78 Å². The zero-order valence-corrected chi connectivity index (χ0v) is 15.1. The number of carbonyl (C=O) groups is 1. The molecule has 0 bridgehead atoms. The molecule has 2 amide bonds. The Kier molecular flexibility index (Phi) is 5.26. The van der Waals surface area contributed by atoms with Crippen LogP contribution in [-0.4, -0.2) is 11.0 Å². The largest absolute Gasteiger partial charge is 0.325 e. The van der Waals surface area contributed by atoms with E-state index in [1.54, 1.807) is 30.3 Å². The lowest BCUT2D eigenvalue weighted by Gasteiger charge is -2.06. The molecule has 0 aliphatic carbocycles. The number of nitrogens with one attached hydrogen (secondary N) is 2. The molecule has 0 aliphatic rings. The van der Waals surface area contributed by atoms with E-state index in [2.05, 4.69) is 15.6 Å². The number of aromatic nitrogens is 1. The van der Waals surface area contributed by atoms with E-state index in [4.69, 9.17) is 34.8 Å². The van der Waals surface area contributed by atoms with E-state index in [0.29, 0.717) is 25.9 Å². The summed E-state index contributed by atoms with van der Waals surface area (Å²) in [5.74, 6) is 0. The van der Waals surface area contributed by atoms with Crippen molar-refractivity contribution in [3.63, 3.8) is 0 Å². The lowest BCUT2D eigenvalue weighted by Crippen LogP contribution is -2.19. The van der Waals surface area contributed by atoms with Gasteiger partial charge in [-0.2, -0.15) is 0 Å². The highest BCUT2D eigenvalue weighted by atomic mass is 35.5. The summed E-state index contributed by atoms with van der Waals surface area (Å²) in [6.45, 7) is 0. The maximum Gasteiger partial charge on any atom is 0.325 e. The van der Waals surface area contributed by atoms with Gasteiger partial charge in [0.1, 0.15) is 0 Å². The van der Waals surface area contributed by atoms with Gasteiger partial charge in [-0.15, -0.1) is 11.3 Å². The standard InChI is InChI=1S/C16H10Cl3N3OS/c17-10-3-1-9(2-4-10)14-8-24-16(21-14)22-15(23)20-11-5-6-12(18)13(19)7-11/h1-8H,(H2,20,21,22,23). The molecule has 1 aromatic heterocycles. The number of hydrogen-bond acceptors (Lipinski definition) is 3. The van der Waals surface area contributed by atoms with Gasteiger partial charge in [-0.3, -0.25) is 5.32 Å². The molecular weight excluding hydrogens is 389 g/mol. The Hall–Kier alpha value is -1.79. The van der Waals surface area contributed by atoms with Crippen LogP contribution in [-0.2, 0) is 0 Å². The first-order valence-corrected chi connectivity index (χ1v) is 8.77. The van der Waals surface area contributed by atoms with Gasteiger partial charge in [-0.05, 0) is 30.3 Å². The van der Waals surface area contributed by atoms with Crippen LogP contribution >= 0.6 is 46.1 Å². The van der Waals surface area contributed by atoms with E-state index in [1.807, 2.05) is 17.5 Å². The summed E-state index contributed by atoms with van der Waals surface area (Å²) in [6.07, 6.45) is 0. The second-order valence-corrected chi connectivity index (χ2v) is 6.86. The minimum absolute atomic E-state index is 0.369. The van der Waals surface area contributed by atoms with Gasteiger partial charge in [0.2, 0.25) is 0 Å². The molecule has 0 aliphatic heterocycles. The zero-order chi connectivity index (χ0) is 17.1. The Morgan fingerprint density at radius 3 is 2.42 bits per heavy atom. The summed E-state index contributed by atoms with van der Waals surface area (Å²) in [5.41, 5.74) is 2.23. The molecule has 0 atom stereocenters. The maximum atomic E-state index is 12.0. The van der Waals surface area contributed by atoms with E-state index in [1.165, 1.54) is 11.3 Å². The number of nitrogens with zero attached hydrogens (tertiary/aromatic N) is 1. The smallest absolute Gasteiger partial charge is 0.308 e. The average Bonchev–Trinajstić information content (AvgIpc) is 3.00. The number of amides is 2. The molecule has 3 aromatic rings. The predicted molar refractivity (Wildman–Crippen MR) is 102 cm³/mol. The van der Waals surface area contributed by atoms with Gasteiger partial charge in [0, 0.05) is 21.7 Å². The van der Waals surface area contributed by atoms with E-state index in [0.717, 1.165) is 11.3 Å². The molecule has 0 fully saturated rings. The zero-order valence-electron chi connectivity index (χ0n) is 12.0. The van der Waals surface area contributed by atoms with Crippen LogP contribution in [0.3, 0.4) is 0 Å². The molecule has 0 unspecified atom stereocenters. The fraction of sp³-hybridized carbons (Fsp3) is 0. The molecule has 2 N–H and O–H groups in total. The Labute approximate surface area is 157 Å². The molecule has 0 saturated carbocycles. The van der Waals surface area contributed by atoms with Crippen molar-refractivity contribution in [1.82, 2.24) is 4.98 Å². The Morgan fingerprint density at radius 1 is 0.958 bits per heavy atom. The molecule has 4 nitrogen and oxygen atoms in total. The first-order chi connectivity index (χ1) is 11.5. The molecule has 1 heterocycles. The summed E-state index contributed by atoms with van der Waals surface area (Å²) in [4.78, 5) is 16.4. The van der Waals surface area contributed by atoms with Crippen molar-refractivity contribution in [2.75, 3.05) is 10.6 Å². The lowest BCUT2D eigenvalue weighted by molar-refractivity contribution is 0.262. The molecule has 122 valence electrons. The quantitative estimate of drug-likeness (QED) is 0.535. The Bertz CT molecular complexity index is 881. The fourth-order valence-electron chi connectivity index (χ4n) is 1.92. The second-order valence-electron chi connectivity index (χ2n) is 4.75. The van der Waals surface area contributed by atoms with Crippen molar-refractivity contribution < 1.29 is 4.79 Å². The number of urea groups is 1. The first-order valence-electron chi connectivity index (χ1n) is 6.76. The number of halogens is 3. The number of anilines is 2. The van der Waals surface area contributed by atoms with Crippen LogP contribution in [0.1, 0.15) is 0 Å².